The van der Waals surface area contributed by atoms with Crippen LogP contribution in [0, 0.1) is 12.8 Å². The first-order chi connectivity index (χ1) is 9.52. The predicted molar refractivity (Wildman–Crippen MR) is 84.7 cm³/mol. The average Bonchev–Trinajstić information content (AvgIpc) is 2.38. The molecule has 2 rings (SSSR count). The minimum atomic E-state index is 0.321. The minimum absolute atomic E-state index is 0.321. The number of hydrogen-bond donors (Lipinski definition) is 1. The number of likely N-dealkylation sites (N-methyl/N-ethyl adjacent to an activating group) is 1. The van der Waals surface area contributed by atoms with Crippen LogP contribution in [-0.2, 0) is 6.54 Å². The summed E-state index contributed by atoms with van der Waals surface area (Å²) < 4.78 is 0. The van der Waals surface area contributed by atoms with Gasteiger partial charge in [0.05, 0.1) is 5.69 Å². The van der Waals surface area contributed by atoms with Crippen molar-refractivity contribution in [1.29, 1.82) is 0 Å². The molecule has 1 fully saturated rings. The second kappa shape index (κ2) is 6.68. The summed E-state index contributed by atoms with van der Waals surface area (Å²) in [6.45, 7) is 6.36. The van der Waals surface area contributed by atoms with Gasteiger partial charge in [0, 0.05) is 24.3 Å². The second-order valence-corrected chi connectivity index (χ2v) is 6.69. The summed E-state index contributed by atoms with van der Waals surface area (Å²) in [6.07, 6.45) is 5.34. The lowest BCUT2D eigenvalue weighted by Gasteiger charge is -2.45. The zero-order chi connectivity index (χ0) is 14.6. The van der Waals surface area contributed by atoms with Crippen molar-refractivity contribution >= 4 is 0 Å². The Morgan fingerprint density at radius 1 is 1.40 bits per heavy atom. The first-order valence-corrected chi connectivity index (χ1v) is 7.82. The molecule has 0 amide bonds. The lowest BCUT2D eigenvalue weighted by atomic mass is 9.75. The smallest absolute Gasteiger partial charge is 0.0544 e. The highest BCUT2D eigenvalue weighted by Crippen LogP contribution is 2.35. The molecule has 1 aromatic heterocycles. The van der Waals surface area contributed by atoms with E-state index in [1.807, 2.05) is 13.0 Å². The molecule has 0 aromatic carbocycles. The molecule has 0 aliphatic heterocycles. The number of rotatable bonds is 5. The topological polar surface area (TPSA) is 28.2 Å². The Balaban J connectivity index is 1.93. The summed E-state index contributed by atoms with van der Waals surface area (Å²) >= 11 is 0. The van der Waals surface area contributed by atoms with Gasteiger partial charge in [-0.3, -0.25) is 4.98 Å². The van der Waals surface area contributed by atoms with Crippen LogP contribution in [0.2, 0.25) is 0 Å². The Kier molecular flexibility index (Phi) is 5.17. The van der Waals surface area contributed by atoms with Crippen LogP contribution in [0.4, 0.5) is 0 Å². The van der Waals surface area contributed by atoms with Crippen LogP contribution in [0.3, 0.4) is 0 Å². The summed E-state index contributed by atoms with van der Waals surface area (Å²) in [4.78, 5) is 6.99. The zero-order valence-corrected chi connectivity index (χ0v) is 13.4. The van der Waals surface area contributed by atoms with Gasteiger partial charge in [0.25, 0.3) is 0 Å². The van der Waals surface area contributed by atoms with Gasteiger partial charge in [-0.1, -0.05) is 25.8 Å². The standard InChI is InChI=1S/C17H29N3/c1-14-7-6-10-17(11-14,20(3)4)13-18-12-16-9-5-8-15(2)19-16/h5,8-9,14,18H,6-7,10-13H2,1-4H3. The van der Waals surface area contributed by atoms with Crippen molar-refractivity contribution in [3.05, 3.63) is 29.6 Å². The van der Waals surface area contributed by atoms with Crippen LogP contribution in [0.1, 0.15) is 44.0 Å². The van der Waals surface area contributed by atoms with Crippen molar-refractivity contribution in [2.45, 2.75) is 51.6 Å². The van der Waals surface area contributed by atoms with Crippen molar-refractivity contribution in [1.82, 2.24) is 15.2 Å². The molecule has 1 heterocycles. The fourth-order valence-corrected chi connectivity index (χ4v) is 3.48. The number of pyridine rings is 1. The van der Waals surface area contributed by atoms with Crippen molar-refractivity contribution in [2.24, 2.45) is 5.92 Å². The molecule has 3 nitrogen and oxygen atoms in total. The van der Waals surface area contributed by atoms with Crippen molar-refractivity contribution < 1.29 is 0 Å². The zero-order valence-electron chi connectivity index (χ0n) is 13.4. The highest BCUT2D eigenvalue weighted by Gasteiger charge is 2.36. The Morgan fingerprint density at radius 2 is 2.20 bits per heavy atom. The number of aromatic nitrogens is 1. The maximum atomic E-state index is 4.56. The van der Waals surface area contributed by atoms with Gasteiger partial charge in [-0.25, -0.2) is 0 Å². The molecule has 20 heavy (non-hydrogen) atoms. The molecule has 0 bridgehead atoms. The molecule has 2 atom stereocenters. The van der Waals surface area contributed by atoms with Crippen LogP contribution in [-0.4, -0.2) is 36.1 Å². The van der Waals surface area contributed by atoms with E-state index in [0.29, 0.717) is 5.54 Å². The van der Waals surface area contributed by atoms with E-state index in [1.54, 1.807) is 0 Å². The highest BCUT2D eigenvalue weighted by molar-refractivity contribution is 5.09. The predicted octanol–water partition coefficient (Wildman–Crippen LogP) is 2.99. The number of hydrogen-bond acceptors (Lipinski definition) is 3. The molecule has 0 radical (unpaired) electrons. The van der Waals surface area contributed by atoms with Crippen molar-refractivity contribution in [2.75, 3.05) is 20.6 Å². The minimum Gasteiger partial charge on any atom is -0.309 e. The third-order valence-electron chi connectivity index (χ3n) is 4.72. The van der Waals surface area contributed by atoms with E-state index in [1.165, 1.54) is 25.7 Å². The van der Waals surface area contributed by atoms with E-state index in [2.05, 4.69) is 48.4 Å². The van der Waals surface area contributed by atoms with Gasteiger partial charge in [0.2, 0.25) is 0 Å². The molecule has 1 aromatic rings. The Bertz CT molecular complexity index is 430. The van der Waals surface area contributed by atoms with Gasteiger partial charge in [-0.15, -0.1) is 0 Å². The molecule has 1 aliphatic carbocycles. The van der Waals surface area contributed by atoms with Gasteiger partial charge in [0.15, 0.2) is 0 Å². The van der Waals surface area contributed by atoms with Crippen LogP contribution in [0.5, 0.6) is 0 Å². The van der Waals surface area contributed by atoms with Gasteiger partial charge in [-0.2, -0.15) is 0 Å². The SMILES string of the molecule is Cc1cccc(CNCC2(N(C)C)CCCC(C)C2)n1. The van der Waals surface area contributed by atoms with Crippen LogP contribution in [0.15, 0.2) is 18.2 Å². The molecule has 1 aliphatic rings. The normalized spacial score (nSPS) is 26.9. The maximum absolute atomic E-state index is 4.56. The van der Waals surface area contributed by atoms with Crippen LogP contribution >= 0.6 is 0 Å². The molecule has 0 saturated heterocycles. The van der Waals surface area contributed by atoms with Crippen LogP contribution < -0.4 is 5.32 Å². The molecule has 0 spiro atoms. The summed E-state index contributed by atoms with van der Waals surface area (Å²) in [5.74, 6) is 0.838. The molecule has 3 heteroatoms. The molecular formula is C17H29N3. The first kappa shape index (κ1) is 15.5. The third-order valence-corrected chi connectivity index (χ3v) is 4.72. The largest absolute Gasteiger partial charge is 0.309 e. The summed E-state index contributed by atoms with van der Waals surface area (Å²) in [6, 6.07) is 6.24. The Labute approximate surface area is 123 Å². The van der Waals surface area contributed by atoms with E-state index < -0.39 is 0 Å². The fourth-order valence-electron chi connectivity index (χ4n) is 3.48. The molecule has 2 unspecified atom stereocenters. The third kappa shape index (κ3) is 3.80. The molecular weight excluding hydrogens is 246 g/mol. The quantitative estimate of drug-likeness (QED) is 0.895. The summed E-state index contributed by atoms with van der Waals surface area (Å²) in [7, 11) is 4.45. The summed E-state index contributed by atoms with van der Waals surface area (Å²) in [5, 5.41) is 3.64. The van der Waals surface area contributed by atoms with E-state index in [4.69, 9.17) is 0 Å². The lowest BCUT2D eigenvalue weighted by molar-refractivity contribution is 0.0749. The van der Waals surface area contributed by atoms with Gasteiger partial charge >= 0.3 is 0 Å². The molecule has 112 valence electrons. The molecule has 1 N–H and O–H groups in total. The van der Waals surface area contributed by atoms with Crippen molar-refractivity contribution in [3.8, 4) is 0 Å². The number of aryl methyl sites for hydroxylation is 1. The average molecular weight is 275 g/mol. The fraction of sp³-hybridized carbons (Fsp3) is 0.706. The van der Waals surface area contributed by atoms with Crippen molar-refractivity contribution in [3.63, 3.8) is 0 Å². The van der Waals surface area contributed by atoms with Gasteiger partial charge in [-0.05, 0) is 51.9 Å². The maximum Gasteiger partial charge on any atom is 0.0544 e. The second-order valence-electron chi connectivity index (χ2n) is 6.69. The van der Waals surface area contributed by atoms with E-state index in [9.17, 15) is 0 Å². The molecule has 1 saturated carbocycles. The van der Waals surface area contributed by atoms with Gasteiger partial charge < -0.3 is 10.2 Å². The lowest BCUT2D eigenvalue weighted by Crippen LogP contribution is -2.54. The highest BCUT2D eigenvalue weighted by atomic mass is 15.2. The van der Waals surface area contributed by atoms with E-state index in [-0.39, 0.29) is 0 Å². The summed E-state index contributed by atoms with van der Waals surface area (Å²) in [5.41, 5.74) is 2.56. The van der Waals surface area contributed by atoms with E-state index in [0.717, 1.165) is 30.4 Å². The van der Waals surface area contributed by atoms with E-state index >= 15 is 0 Å². The Morgan fingerprint density at radius 3 is 2.85 bits per heavy atom. The monoisotopic (exact) mass is 275 g/mol. The number of nitrogens with zero attached hydrogens (tertiary/aromatic N) is 2. The van der Waals surface area contributed by atoms with Crippen LogP contribution in [0.25, 0.3) is 0 Å². The van der Waals surface area contributed by atoms with Gasteiger partial charge in [0.1, 0.15) is 0 Å². The Hall–Kier alpha value is -0.930. The first-order valence-electron chi connectivity index (χ1n) is 7.82. The number of nitrogens with one attached hydrogen (secondary N) is 1.